The molecule has 2 aromatic carbocycles. The quantitative estimate of drug-likeness (QED) is 0.803. The number of amides is 1. The third kappa shape index (κ3) is 5.36. The van der Waals surface area contributed by atoms with Gasteiger partial charge in [0, 0.05) is 34.1 Å². The molecule has 2 aromatic rings. The summed E-state index contributed by atoms with van der Waals surface area (Å²) < 4.78 is 11.8. The Kier molecular flexibility index (Phi) is 6.62. The van der Waals surface area contributed by atoms with Gasteiger partial charge in [0.2, 0.25) is 0 Å². The molecule has 3 rings (SSSR count). The first-order chi connectivity index (χ1) is 12.1. The van der Waals surface area contributed by atoms with E-state index >= 15 is 0 Å². The van der Waals surface area contributed by atoms with E-state index < -0.39 is 10.8 Å². The van der Waals surface area contributed by atoms with Crippen LogP contribution in [-0.2, 0) is 16.6 Å². The van der Waals surface area contributed by atoms with Crippen LogP contribution < -0.4 is 5.32 Å². The third-order valence-corrected chi connectivity index (χ3v) is 7.56. The van der Waals surface area contributed by atoms with Crippen molar-refractivity contribution < 1.29 is 9.00 Å². The Balaban J connectivity index is 1.71. The van der Waals surface area contributed by atoms with Crippen molar-refractivity contribution in [2.75, 3.05) is 23.1 Å². The van der Waals surface area contributed by atoms with E-state index in [0.717, 1.165) is 11.3 Å². The van der Waals surface area contributed by atoms with E-state index in [1.165, 1.54) is 23.5 Å². The number of benzene rings is 2. The number of thioether (sulfide) groups is 2. The lowest BCUT2D eigenvalue weighted by Gasteiger charge is -2.21. The van der Waals surface area contributed by atoms with Gasteiger partial charge in [-0.15, -0.1) is 23.5 Å². The standard InChI is InChI=1S/C19H21NO2S3/c1-25(22)13-14-5-2-6-15(11-14)18(21)20-17-8-3-7-16(12-17)19-23-9-4-10-24-19/h2-3,5-8,11-12,19H,4,9-10,13H2,1H3,(H,20,21). The van der Waals surface area contributed by atoms with Gasteiger partial charge in [-0.2, -0.15) is 0 Å². The molecule has 0 spiro atoms. The summed E-state index contributed by atoms with van der Waals surface area (Å²) in [5.41, 5.74) is 3.58. The van der Waals surface area contributed by atoms with Crippen LogP contribution in [0, 0.1) is 0 Å². The summed E-state index contributed by atoms with van der Waals surface area (Å²) in [6.07, 6.45) is 2.93. The Morgan fingerprint density at radius 2 is 1.92 bits per heavy atom. The molecule has 0 radical (unpaired) electrons. The molecule has 1 heterocycles. The first kappa shape index (κ1) is 18.5. The summed E-state index contributed by atoms with van der Waals surface area (Å²) in [4.78, 5) is 12.5. The topological polar surface area (TPSA) is 46.2 Å². The van der Waals surface area contributed by atoms with Gasteiger partial charge in [0.05, 0.1) is 4.58 Å². The van der Waals surface area contributed by atoms with E-state index in [1.54, 1.807) is 12.3 Å². The lowest BCUT2D eigenvalue weighted by atomic mass is 10.1. The Hall–Kier alpha value is -1.24. The molecule has 6 heteroatoms. The molecule has 3 nitrogen and oxygen atoms in total. The van der Waals surface area contributed by atoms with Gasteiger partial charge in [-0.1, -0.05) is 24.3 Å². The van der Waals surface area contributed by atoms with Gasteiger partial charge in [-0.3, -0.25) is 9.00 Å². The normalized spacial score (nSPS) is 16.4. The van der Waals surface area contributed by atoms with E-state index in [0.29, 0.717) is 15.9 Å². The van der Waals surface area contributed by atoms with Crippen molar-refractivity contribution in [2.24, 2.45) is 0 Å². The Labute approximate surface area is 159 Å². The van der Waals surface area contributed by atoms with Gasteiger partial charge in [0.1, 0.15) is 0 Å². The minimum Gasteiger partial charge on any atom is -0.322 e. The Morgan fingerprint density at radius 1 is 1.16 bits per heavy atom. The number of hydrogen-bond donors (Lipinski definition) is 1. The van der Waals surface area contributed by atoms with Crippen molar-refractivity contribution >= 4 is 45.9 Å². The lowest BCUT2D eigenvalue weighted by molar-refractivity contribution is 0.102. The molecular formula is C19H21NO2S3. The maximum Gasteiger partial charge on any atom is 0.255 e. The molecule has 1 saturated heterocycles. The predicted molar refractivity (Wildman–Crippen MR) is 111 cm³/mol. The lowest BCUT2D eigenvalue weighted by Crippen LogP contribution is -2.12. The zero-order valence-corrected chi connectivity index (χ0v) is 16.5. The minimum atomic E-state index is -0.918. The molecule has 0 bridgehead atoms. The summed E-state index contributed by atoms with van der Waals surface area (Å²) in [5, 5.41) is 2.98. The second-order valence-corrected chi connectivity index (χ2v) is 10.1. The second kappa shape index (κ2) is 8.92. The van der Waals surface area contributed by atoms with Crippen LogP contribution >= 0.6 is 23.5 Å². The summed E-state index contributed by atoms with van der Waals surface area (Å²) >= 11 is 3.94. The number of hydrogen-bond acceptors (Lipinski definition) is 4. The van der Waals surface area contributed by atoms with Gasteiger partial charge in [0.15, 0.2) is 0 Å². The molecular weight excluding hydrogens is 370 g/mol. The van der Waals surface area contributed by atoms with Gasteiger partial charge in [-0.25, -0.2) is 0 Å². The fourth-order valence-corrected chi connectivity index (χ4v) is 6.21. The largest absolute Gasteiger partial charge is 0.322 e. The monoisotopic (exact) mass is 391 g/mol. The highest BCUT2D eigenvalue weighted by Gasteiger charge is 2.17. The van der Waals surface area contributed by atoms with E-state index in [2.05, 4.69) is 17.4 Å². The number of carbonyl (C=O) groups is 1. The maximum absolute atomic E-state index is 12.5. The minimum absolute atomic E-state index is 0.134. The highest BCUT2D eigenvalue weighted by Crippen LogP contribution is 2.44. The van der Waals surface area contributed by atoms with Gasteiger partial charge in [0.25, 0.3) is 5.91 Å². The van der Waals surface area contributed by atoms with Crippen LogP contribution in [0.15, 0.2) is 48.5 Å². The molecule has 132 valence electrons. The average molecular weight is 392 g/mol. The van der Waals surface area contributed by atoms with Gasteiger partial charge >= 0.3 is 0 Å². The van der Waals surface area contributed by atoms with Crippen molar-refractivity contribution in [1.82, 2.24) is 0 Å². The van der Waals surface area contributed by atoms with Crippen LogP contribution in [0.2, 0.25) is 0 Å². The summed E-state index contributed by atoms with van der Waals surface area (Å²) in [7, 11) is -0.918. The molecule has 1 amide bonds. The van der Waals surface area contributed by atoms with Gasteiger partial charge in [-0.05, 0) is 53.3 Å². The molecule has 1 aliphatic rings. The number of nitrogens with one attached hydrogen (secondary N) is 1. The van der Waals surface area contributed by atoms with Crippen molar-refractivity contribution in [3.05, 3.63) is 65.2 Å². The van der Waals surface area contributed by atoms with Crippen LogP contribution in [0.5, 0.6) is 0 Å². The molecule has 0 saturated carbocycles. The summed E-state index contributed by atoms with van der Waals surface area (Å²) in [6, 6.07) is 15.4. The molecule has 25 heavy (non-hydrogen) atoms. The van der Waals surface area contributed by atoms with E-state index in [4.69, 9.17) is 0 Å². The van der Waals surface area contributed by atoms with Crippen LogP contribution in [0.25, 0.3) is 0 Å². The zero-order valence-electron chi connectivity index (χ0n) is 14.1. The van der Waals surface area contributed by atoms with Crippen molar-refractivity contribution in [3.8, 4) is 0 Å². The molecule has 1 fully saturated rings. The van der Waals surface area contributed by atoms with E-state index in [9.17, 15) is 9.00 Å². The summed E-state index contributed by atoms with van der Waals surface area (Å²) in [5.74, 6) is 2.72. The molecule has 1 N–H and O–H groups in total. The summed E-state index contributed by atoms with van der Waals surface area (Å²) in [6.45, 7) is 0. The molecule has 0 aliphatic carbocycles. The number of rotatable bonds is 5. The number of anilines is 1. The van der Waals surface area contributed by atoms with Crippen molar-refractivity contribution in [3.63, 3.8) is 0 Å². The third-order valence-electron chi connectivity index (χ3n) is 3.80. The number of carbonyl (C=O) groups excluding carboxylic acids is 1. The van der Waals surface area contributed by atoms with Crippen LogP contribution in [-0.4, -0.2) is 27.9 Å². The zero-order chi connectivity index (χ0) is 17.6. The SMILES string of the molecule is CS(=O)Cc1cccc(C(=O)Nc2cccc(C3SCCCS3)c2)c1. The highest BCUT2D eigenvalue weighted by molar-refractivity contribution is 8.16. The van der Waals surface area contributed by atoms with Gasteiger partial charge < -0.3 is 5.32 Å². The highest BCUT2D eigenvalue weighted by atomic mass is 32.2. The van der Waals surface area contributed by atoms with Crippen LogP contribution in [0.3, 0.4) is 0 Å². The molecule has 1 atom stereocenters. The fourth-order valence-electron chi connectivity index (χ4n) is 2.68. The van der Waals surface area contributed by atoms with E-state index in [-0.39, 0.29) is 5.91 Å². The predicted octanol–water partition coefficient (Wildman–Crippen LogP) is 4.69. The first-order valence-corrected chi connectivity index (χ1v) is 12.0. The Morgan fingerprint density at radius 3 is 2.68 bits per heavy atom. The smallest absolute Gasteiger partial charge is 0.255 e. The average Bonchev–Trinajstić information content (AvgIpc) is 2.62. The first-order valence-electron chi connectivity index (χ1n) is 8.15. The fraction of sp³-hybridized carbons (Fsp3) is 0.316. The second-order valence-electron chi connectivity index (χ2n) is 5.92. The maximum atomic E-state index is 12.5. The molecule has 1 aliphatic heterocycles. The molecule has 1 unspecified atom stereocenters. The van der Waals surface area contributed by atoms with Crippen LogP contribution in [0.4, 0.5) is 5.69 Å². The van der Waals surface area contributed by atoms with Crippen molar-refractivity contribution in [1.29, 1.82) is 0 Å². The van der Waals surface area contributed by atoms with E-state index in [1.807, 2.05) is 53.9 Å². The van der Waals surface area contributed by atoms with Crippen LogP contribution in [0.1, 0.15) is 32.5 Å². The molecule has 0 aromatic heterocycles. The van der Waals surface area contributed by atoms with Crippen molar-refractivity contribution in [2.45, 2.75) is 16.8 Å². The Bertz CT molecular complexity index is 773.